The molecule has 2 aromatic heterocycles. The van der Waals surface area contributed by atoms with Crippen molar-refractivity contribution in [3.8, 4) is 5.88 Å². The molecule has 0 radical (unpaired) electrons. The van der Waals surface area contributed by atoms with Crippen LogP contribution >= 0.6 is 11.8 Å². The minimum absolute atomic E-state index is 0.00431. The molecule has 0 unspecified atom stereocenters. The van der Waals surface area contributed by atoms with Gasteiger partial charge < -0.3 is 14.4 Å². The highest BCUT2D eigenvalue weighted by Gasteiger charge is 2.21. The summed E-state index contributed by atoms with van der Waals surface area (Å²) in [6.45, 7) is 6.97. The summed E-state index contributed by atoms with van der Waals surface area (Å²) in [5.74, 6) is -0.541. The Balaban J connectivity index is 2.53. The average Bonchev–Trinajstić information content (AvgIpc) is 2.72. The first-order valence-electron chi connectivity index (χ1n) is 6.41. The van der Waals surface area contributed by atoms with E-state index in [1.807, 2.05) is 4.57 Å². The standard InChI is InChI=1S/C13H18N4O3S/c1-13(2,3)6-17-10-9(11(20-4)15-7-14-10)16-12(17)21-5-8(18)19/h7H,5-6H2,1-4H3,(H,18,19). The number of hydrogen-bond donors (Lipinski definition) is 1. The molecule has 2 rings (SSSR count). The molecule has 0 saturated heterocycles. The summed E-state index contributed by atoms with van der Waals surface area (Å²) in [6, 6.07) is 0. The molecule has 114 valence electrons. The molecule has 0 aliphatic carbocycles. The minimum atomic E-state index is -0.882. The van der Waals surface area contributed by atoms with Crippen molar-refractivity contribution < 1.29 is 14.6 Å². The summed E-state index contributed by atoms with van der Waals surface area (Å²) in [6.07, 6.45) is 1.42. The molecule has 0 amide bonds. The van der Waals surface area contributed by atoms with E-state index < -0.39 is 5.97 Å². The summed E-state index contributed by atoms with van der Waals surface area (Å²) in [5.41, 5.74) is 1.21. The van der Waals surface area contributed by atoms with E-state index in [1.54, 1.807) is 0 Å². The van der Waals surface area contributed by atoms with E-state index in [4.69, 9.17) is 9.84 Å². The van der Waals surface area contributed by atoms with E-state index in [2.05, 4.69) is 35.7 Å². The molecule has 21 heavy (non-hydrogen) atoms. The topological polar surface area (TPSA) is 90.1 Å². The van der Waals surface area contributed by atoms with Crippen molar-refractivity contribution in [3.63, 3.8) is 0 Å². The Labute approximate surface area is 126 Å². The lowest BCUT2D eigenvalue weighted by atomic mass is 9.97. The smallest absolute Gasteiger partial charge is 0.313 e. The molecule has 0 aromatic carbocycles. The fourth-order valence-electron chi connectivity index (χ4n) is 1.90. The first-order chi connectivity index (χ1) is 9.81. The third kappa shape index (κ3) is 3.63. The van der Waals surface area contributed by atoms with E-state index in [9.17, 15) is 4.79 Å². The fraction of sp³-hybridized carbons (Fsp3) is 0.538. The Hall–Kier alpha value is -1.83. The molecule has 0 bridgehead atoms. The van der Waals surface area contributed by atoms with Crippen LogP contribution in [0.5, 0.6) is 5.88 Å². The van der Waals surface area contributed by atoms with Gasteiger partial charge in [-0.1, -0.05) is 32.5 Å². The lowest BCUT2D eigenvalue weighted by Crippen LogP contribution is -2.17. The van der Waals surface area contributed by atoms with E-state index in [1.165, 1.54) is 25.2 Å². The van der Waals surface area contributed by atoms with Crippen molar-refractivity contribution in [1.29, 1.82) is 0 Å². The number of rotatable bonds is 5. The normalized spacial score (nSPS) is 11.8. The van der Waals surface area contributed by atoms with Gasteiger partial charge in [0.25, 0.3) is 0 Å². The van der Waals surface area contributed by atoms with Gasteiger partial charge in [-0.15, -0.1) is 0 Å². The highest BCUT2D eigenvalue weighted by Crippen LogP contribution is 2.30. The van der Waals surface area contributed by atoms with Gasteiger partial charge in [0.1, 0.15) is 6.33 Å². The molecule has 0 aliphatic heterocycles. The number of thioether (sulfide) groups is 1. The molecule has 0 aliphatic rings. The maximum Gasteiger partial charge on any atom is 0.313 e. The number of aromatic nitrogens is 4. The van der Waals surface area contributed by atoms with Crippen molar-refractivity contribution >= 4 is 28.9 Å². The van der Waals surface area contributed by atoms with Gasteiger partial charge in [-0.05, 0) is 5.41 Å². The second kappa shape index (κ2) is 5.88. The second-order valence-corrected chi connectivity index (χ2v) is 6.72. The Bertz CT molecular complexity index is 663. The lowest BCUT2D eigenvalue weighted by Gasteiger charge is -2.20. The number of carboxylic acid groups (broad SMARTS) is 1. The Morgan fingerprint density at radius 1 is 1.43 bits per heavy atom. The second-order valence-electron chi connectivity index (χ2n) is 5.78. The van der Waals surface area contributed by atoms with Crippen molar-refractivity contribution in [2.24, 2.45) is 5.41 Å². The van der Waals surface area contributed by atoms with Crippen LogP contribution in [0.15, 0.2) is 11.5 Å². The van der Waals surface area contributed by atoms with Crippen LogP contribution in [0.4, 0.5) is 0 Å². The number of methoxy groups -OCH3 is 1. The summed E-state index contributed by atoms with van der Waals surface area (Å²) in [5, 5.41) is 9.48. The fourth-order valence-corrected chi connectivity index (χ4v) is 2.61. The molecule has 7 nitrogen and oxygen atoms in total. The molecule has 0 saturated carbocycles. The van der Waals surface area contributed by atoms with Crippen LogP contribution in [-0.4, -0.2) is 43.5 Å². The SMILES string of the molecule is COc1ncnc2c1nc(SCC(=O)O)n2CC(C)(C)C. The zero-order chi connectivity index (χ0) is 15.6. The largest absolute Gasteiger partial charge is 0.481 e. The zero-order valence-electron chi connectivity index (χ0n) is 12.5. The maximum atomic E-state index is 10.8. The molecule has 0 fully saturated rings. The number of hydrogen-bond acceptors (Lipinski definition) is 6. The highest BCUT2D eigenvalue weighted by atomic mass is 32.2. The van der Waals surface area contributed by atoms with Crippen LogP contribution in [0.25, 0.3) is 11.2 Å². The number of fused-ring (bicyclic) bond motifs is 1. The minimum Gasteiger partial charge on any atom is -0.481 e. The number of imidazole rings is 1. The number of nitrogens with zero attached hydrogens (tertiary/aromatic N) is 4. The Morgan fingerprint density at radius 2 is 2.14 bits per heavy atom. The first kappa shape index (κ1) is 15.6. The number of carbonyl (C=O) groups is 1. The lowest BCUT2D eigenvalue weighted by molar-refractivity contribution is -0.133. The average molecular weight is 310 g/mol. The monoisotopic (exact) mass is 310 g/mol. The number of ether oxygens (including phenoxy) is 1. The van der Waals surface area contributed by atoms with Crippen molar-refractivity contribution in [2.75, 3.05) is 12.9 Å². The van der Waals surface area contributed by atoms with Crippen LogP contribution in [0.3, 0.4) is 0 Å². The molecule has 2 heterocycles. The summed E-state index contributed by atoms with van der Waals surface area (Å²) in [7, 11) is 1.52. The molecular weight excluding hydrogens is 292 g/mol. The van der Waals surface area contributed by atoms with Gasteiger partial charge >= 0.3 is 5.97 Å². The molecule has 2 aromatic rings. The maximum absolute atomic E-state index is 10.8. The first-order valence-corrected chi connectivity index (χ1v) is 7.40. The van der Waals surface area contributed by atoms with Gasteiger partial charge in [0.2, 0.25) is 5.88 Å². The number of carboxylic acids is 1. The molecule has 0 atom stereocenters. The van der Waals surface area contributed by atoms with Crippen molar-refractivity contribution in [3.05, 3.63) is 6.33 Å². The van der Waals surface area contributed by atoms with Crippen LogP contribution in [-0.2, 0) is 11.3 Å². The van der Waals surface area contributed by atoms with Crippen LogP contribution in [0, 0.1) is 5.41 Å². The van der Waals surface area contributed by atoms with Gasteiger partial charge in [-0.2, -0.15) is 4.98 Å². The zero-order valence-corrected chi connectivity index (χ0v) is 13.3. The number of aliphatic carboxylic acids is 1. The van der Waals surface area contributed by atoms with Gasteiger partial charge in [-0.3, -0.25) is 4.79 Å². The van der Waals surface area contributed by atoms with Gasteiger partial charge in [0, 0.05) is 6.54 Å². The Morgan fingerprint density at radius 3 is 2.71 bits per heavy atom. The third-order valence-electron chi connectivity index (χ3n) is 2.61. The predicted octanol–water partition coefficient (Wildman–Crippen LogP) is 2.06. The van der Waals surface area contributed by atoms with E-state index in [0.29, 0.717) is 28.7 Å². The van der Waals surface area contributed by atoms with Gasteiger partial charge in [0.05, 0.1) is 12.9 Å². The van der Waals surface area contributed by atoms with Crippen molar-refractivity contribution in [2.45, 2.75) is 32.5 Å². The molecule has 8 heteroatoms. The van der Waals surface area contributed by atoms with E-state index in [0.717, 1.165) is 0 Å². The molecule has 1 N–H and O–H groups in total. The highest BCUT2D eigenvalue weighted by molar-refractivity contribution is 7.99. The Kier molecular flexibility index (Phi) is 4.36. The van der Waals surface area contributed by atoms with Crippen molar-refractivity contribution in [1.82, 2.24) is 19.5 Å². The summed E-state index contributed by atoms with van der Waals surface area (Å²) < 4.78 is 7.12. The van der Waals surface area contributed by atoms with Crippen LogP contribution in [0.2, 0.25) is 0 Å². The van der Waals surface area contributed by atoms with E-state index in [-0.39, 0.29) is 11.2 Å². The summed E-state index contributed by atoms with van der Waals surface area (Å²) in [4.78, 5) is 23.6. The molecular formula is C13H18N4O3S. The van der Waals surface area contributed by atoms with Gasteiger partial charge in [-0.25, -0.2) is 9.97 Å². The van der Waals surface area contributed by atoms with Crippen LogP contribution in [0.1, 0.15) is 20.8 Å². The molecule has 0 spiro atoms. The predicted molar refractivity (Wildman–Crippen MR) is 79.7 cm³/mol. The summed E-state index contributed by atoms with van der Waals surface area (Å²) >= 11 is 1.17. The van der Waals surface area contributed by atoms with Crippen LogP contribution < -0.4 is 4.74 Å². The van der Waals surface area contributed by atoms with E-state index >= 15 is 0 Å². The third-order valence-corrected chi connectivity index (χ3v) is 3.58. The quantitative estimate of drug-likeness (QED) is 0.845. The van der Waals surface area contributed by atoms with Gasteiger partial charge in [0.15, 0.2) is 16.3 Å².